The smallest absolute Gasteiger partial charge is 0.234 e. The van der Waals surface area contributed by atoms with Gasteiger partial charge in [-0.3, -0.25) is 4.79 Å². The third-order valence-corrected chi connectivity index (χ3v) is 4.76. The number of benzene rings is 2. The van der Waals surface area contributed by atoms with Crippen LogP contribution in [-0.4, -0.2) is 25.1 Å². The number of aromatic nitrogens is 1. The second-order valence-corrected chi connectivity index (χ2v) is 6.98. The van der Waals surface area contributed by atoms with Gasteiger partial charge in [0, 0.05) is 33.9 Å². The molecule has 0 aliphatic carbocycles. The lowest BCUT2D eigenvalue weighted by atomic mass is 9.83. The van der Waals surface area contributed by atoms with Gasteiger partial charge in [0.25, 0.3) is 0 Å². The van der Waals surface area contributed by atoms with Gasteiger partial charge in [-0.1, -0.05) is 11.6 Å². The number of anilines is 1. The van der Waals surface area contributed by atoms with E-state index >= 15 is 0 Å². The Kier molecular flexibility index (Phi) is 4.83. The molecule has 0 atom stereocenters. The zero-order chi connectivity index (χ0) is 18.9. The van der Waals surface area contributed by atoms with E-state index < -0.39 is 5.41 Å². The molecule has 0 aliphatic rings. The fourth-order valence-corrected chi connectivity index (χ4v) is 3.11. The number of fused-ring (bicyclic) bond motifs is 1. The first kappa shape index (κ1) is 18.1. The molecule has 0 spiro atoms. The molecule has 0 saturated heterocycles. The summed E-state index contributed by atoms with van der Waals surface area (Å²) >= 11 is 6.13. The Bertz CT molecular complexity index is 963. The van der Waals surface area contributed by atoms with Gasteiger partial charge in [0.05, 0.1) is 19.6 Å². The van der Waals surface area contributed by atoms with Crippen LogP contribution in [0.2, 0.25) is 5.02 Å². The number of rotatable bonds is 5. The maximum absolute atomic E-state index is 13.0. The lowest BCUT2D eigenvalue weighted by Crippen LogP contribution is -2.34. The molecular weight excluding hydrogens is 352 g/mol. The van der Waals surface area contributed by atoms with Gasteiger partial charge >= 0.3 is 0 Å². The van der Waals surface area contributed by atoms with Crippen LogP contribution in [-0.2, 0) is 10.2 Å². The van der Waals surface area contributed by atoms with Crippen LogP contribution in [0.1, 0.15) is 19.4 Å². The van der Waals surface area contributed by atoms with Crippen molar-refractivity contribution in [2.75, 3.05) is 19.5 Å². The van der Waals surface area contributed by atoms with Gasteiger partial charge in [-0.15, -0.1) is 0 Å². The number of aromatic amines is 1. The van der Waals surface area contributed by atoms with Crippen LogP contribution in [0, 0.1) is 0 Å². The number of amides is 1. The quantitative estimate of drug-likeness (QED) is 0.679. The van der Waals surface area contributed by atoms with E-state index in [2.05, 4.69) is 10.3 Å². The lowest BCUT2D eigenvalue weighted by Gasteiger charge is -2.24. The van der Waals surface area contributed by atoms with Crippen LogP contribution < -0.4 is 14.8 Å². The van der Waals surface area contributed by atoms with Gasteiger partial charge in [-0.25, -0.2) is 0 Å². The molecule has 26 heavy (non-hydrogen) atoms. The molecule has 136 valence electrons. The molecule has 0 saturated carbocycles. The fourth-order valence-electron chi connectivity index (χ4n) is 2.93. The van der Waals surface area contributed by atoms with Gasteiger partial charge in [-0.2, -0.15) is 0 Å². The third kappa shape index (κ3) is 3.22. The minimum Gasteiger partial charge on any atom is -0.493 e. The molecule has 2 aromatic carbocycles. The zero-order valence-electron chi connectivity index (χ0n) is 15.1. The molecule has 0 unspecified atom stereocenters. The SMILES string of the molecule is COc1ccc(NC(=O)C(C)(C)c2c[nH]c3ccc(Cl)cc23)cc1OC. The van der Waals surface area contributed by atoms with Crippen molar-refractivity contribution in [3.8, 4) is 11.5 Å². The Morgan fingerprint density at radius 1 is 1.08 bits per heavy atom. The first-order valence-electron chi connectivity index (χ1n) is 8.17. The van der Waals surface area contributed by atoms with Crippen LogP contribution in [0.15, 0.2) is 42.6 Å². The minimum atomic E-state index is -0.768. The standard InChI is InChI=1S/C20H21ClN2O3/c1-20(2,15-11-22-16-7-5-12(21)9-14(15)16)19(24)23-13-6-8-17(25-3)18(10-13)26-4/h5-11,22H,1-4H3,(H,23,24). The average Bonchev–Trinajstić information content (AvgIpc) is 3.05. The normalized spacial score (nSPS) is 11.4. The van der Waals surface area contributed by atoms with Gasteiger partial charge in [-0.05, 0) is 49.7 Å². The van der Waals surface area contributed by atoms with Gasteiger partial charge in [0.1, 0.15) is 0 Å². The molecule has 0 fully saturated rings. The predicted octanol–water partition coefficient (Wildman–Crippen LogP) is 4.75. The molecule has 1 aromatic heterocycles. The molecular formula is C20H21ClN2O3. The number of carbonyl (C=O) groups excluding carboxylic acids is 1. The second-order valence-electron chi connectivity index (χ2n) is 6.54. The Morgan fingerprint density at radius 2 is 1.81 bits per heavy atom. The molecule has 2 N–H and O–H groups in total. The van der Waals surface area contributed by atoms with Crippen molar-refractivity contribution in [2.24, 2.45) is 0 Å². The van der Waals surface area contributed by atoms with E-state index in [1.54, 1.807) is 32.4 Å². The number of hydrogen-bond acceptors (Lipinski definition) is 3. The summed E-state index contributed by atoms with van der Waals surface area (Å²) in [5.74, 6) is 1.03. The number of ether oxygens (including phenoxy) is 2. The fraction of sp³-hybridized carbons (Fsp3) is 0.250. The summed E-state index contributed by atoms with van der Waals surface area (Å²) in [4.78, 5) is 16.2. The topological polar surface area (TPSA) is 63.3 Å². The summed E-state index contributed by atoms with van der Waals surface area (Å²) in [6.07, 6.45) is 1.86. The van der Waals surface area contributed by atoms with Crippen molar-refractivity contribution < 1.29 is 14.3 Å². The Hall–Kier alpha value is -2.66. The van der Waals surface area contributed by atoms with Crippen molar-refractivity contribution in [2.45, 2.75) is 19.3 Å². The van der Waals surface area contributed by atoms with Gasteiger partial charge in [0.15, 0.2) is 11.5 Å². The van der Waals surface area contributed by atoms with E-state index in [9.17, 15) is 4.79 Å². The molecule has 1 heterocycles. The van der Waals surface area contributed by atoms with Crippen LogP contribution in [0.25, 0.3) is 10.9 Å². The first-order chi connectivity index (χ1) is 12.4. The van der Waals surface area contributed by atoms with Gasteiger partial charge in [0.2, 0.25) is 5.91 Å². The highest BCUT2D eigenvalue weighted by atomic mass is 35.5. The van der Waals surface area contributed by atoms with Crippen LogP contribution >= 0.6 is 11.6 Å². The summed E-state index contributed by atoms with van der Waals surface area (Å²) in [5.41, 5.74) is 1.69. The van der Waals surface area contributed by atoms with Crippen molar-refractivity contribution >= 4 is 34.1 Å². The maximum atomic E-state index is 13.0. The molecule has 6 heteroatoms. The molecule has 3 rings (SSSR count). The number of hydrogen-bond donors (Lipinski definition) is 2. The van der Waals surface area contributed by atoms with Crippen LogP contribution in [0.5, 0.6) is 11.5 Å². The highest BCUT2D eigenvalue weighted by Crippen LogP contribution is 2.34. The maximum Gasteiger partial charge on any atom is 0.234 e. The van der Waals surface area contributed by atoms with Crippen molar-refractivity contribution in [1.82, 2.24) is 4.98 Å². The summed E-state index contributed by atoms with van der Waals surface area (Å²) < 4.78 is 10.5. The number of nitrogens with one attached hydrogen (secondary N) is 2. The Balaban J connectivity index is 1.91. The highest BCUT2D eigenvalue weighted by Gasteiger charge is 2.32. The molecule has 1 amide bonds. The highest BCUT2D eigenvalue weighted by molar-refractivity contribution is 6.31. The van der Waals surface area contributed by atoms with Crippen molar-refractivity contribution in [3.63, 3.8) is 0 Å². The first-order valence-corrected chi connectivity index (χ1v) is 8.55. The summed E-state index contributed by atoms with van der Waals surface area (Å²) in [5, 5.41) is 4.52. The van der Waals surface area contributed by atoms with E-state index in [1.165, 1.54) is 0 Å². The summed E-state index contributed by atoms with van der Waals surface area (Å²) in [6, 6.07) is 10.9. The van der Waals surface area contributed by atoms with E-state index in [4.69, 9.17) is 21.1 Å². The molecule has 3 aromatic rings. The predicted molar refractivity (Wildman–Crippen MR) is 105 cm³/mol. The van der Waals surface area contributed by atoms with Crippen molar-refractivity contribution in [3.05, 3.63) is 53.2 Å². The summed E-state index contributed by atoms with van der Waals surface area (Å²) in [7, 11) is 3.13. The van der Waals surface area contributed by atoms with Crippen LogP contribution in [0.3, 0.4) is 0 Å². The molecule has 0 radical (unpaired) electrons. The minimum absolute atomic E-state index is 0.134. The third-order valence-electron chi connectivity index (χ3n) is 4.53. The number of methoxy groups -OCH3 is 2. The van der Waals surface area contributed by atoms with E-state index in [0.29, 0.717) is 22.2 Å². The number of carbonyl (C=O) groups is 1. The second kappa shape index (κ2) is 6.92. The molecule has 0 bridgehead atoms. The number of H-pyrrole nitrogens is 1. The Labute approximate surface area is 157 Å². The lowest BCUT2D eigenvalue weighted by molar-refractivity contribution is -0.120. The largest absolute Gasteiger partial charge is 0.493 e. The van der Waals surface area contributed by atoms with E-state index in [-0.39, 0.29) is 5.91 Å². The van der Waals surface area contributed by atoms with Crippen molar-refractivity contribution in [1.29, 1.82) is 0 Å². The average molecular weight is 373 g/mol. The summed E-state index contributed by atoms with van der Waals surface area (Å²) in [6.45, 7) is 3.76. The molecule has 5 nitrogen and oxygen atoms in total. The molecule has 0 aliphatic heterocycles. The van der Waals surface area contributed by atoms with E-state index in [0.717, 1.165) is 16.5 Å². The van der Waals surface area contributed by atoms with E-state index in [1.807, 2.05) is 38.2 Å². The van der Waals surface area contributed by atoms with Gasteiger partial charge < -0.3 is 19.8 Å². The monoisotopic (exact) mass is 372 g/mol. The number of halogens is 1. The zero-order valence-corrected chi connectivity index (χ0v) is 15.9. The Morgan fingerprint density at radius 3 is 2.50 bits per heavy atom. The van der Waals surface area contributed by atoms with Crippen LogP contribution in [0.4, 0.5) is 5.69 Å².